The molecule has 3 aromatic rings. The molecule has 1 amide bonds. The van der Waals surface area contributed by atoms with Crippen LogP contribution in [0.1, 0.15) is 25.3 Å². The van der Waals surface area contributed by atoms with E-state index in [0.29, 0.717) is 11.0 Å². The summed E-state index contributed by atoms with van der Waals surface area (Å²) in [6, 6.07) is 15.1. The van der Waals surface area contributed by atoms with Crippen LogP contribution in [0, 0.1) is 5.92 Å². The molecule has 4 nitrogen and oxygen atoms in total. The van der Waals surface area contributed by atoms with E-state index in [1.807, 2.05) is 50.2 Å². The first-order valence-corrected chi connectivity index (χ1v) is 7.93. The average molecular weight is 328 g/mol. The van der Waals surface area contributed by atoms with Crippen molar-refractivity contribution in [1.82, 2.24) is 9.97 Å². The van der Waals surface area contributed by atoms with E-state index in [1.165, 1.54) is 0 Å². The highest BCUT2D eigenvalue weighted by molar-refractivity contribution is 6.30. The third-order valence-electron chi connectivity index (χ3n) is 3.81. The summed E-state index contributed by atoms with van der Waals surface area (Å²) in [6.07, 6.45) is 0. The molecule has 1 atom stereocenters. The van der Waals surface area contributed by atoms with Gasteiger partial charge in [-0.05, 0) is 35.7 Å². The van der Waals surface area contributed by atoms with Crippen molar-refractivity contribution in [3.63, 3.8) is 0 Å². The van der Waals surface area contributed by atoms with E-state index in [0.717, 1.165) is 16.6 Å². The zero-order valence-corrected chi connectivity index (χ0v) is 13.8. The third-order valence-corrected chi connectivity index (χ3v) is 4.06. The number of imidazole rings is 1. The Morgan fingerprint density at radius 3 is 2.48 bits per heavy atom. The normalized spacial score (nSPS) is 12.5. The Labute approximate surface area is 139 Å². The van der Waals surface area contributed by atoms with Crippen molar-refractivity contribution in [2.75, 3.05) is 5.32 Å². The number of fused-ring (bicyclic) bond motifs is 1. The largest absolute Gasteiger partial charge is 0.324 e. The highest BCUT2D eigenvalue weighted by Crippen LogP contribution is 2.27. The maximum absolute atomic E-state index is 12.7. The Morgan fingerprint density at radius 1 is 1.13 bits per heavy atom. The summed E-state index contributed by atoms with van der Waals surface area (Å²) in [5.74, 6) is 0.276. The van der Waals surface area contributed by atoms with Crippen LogP contribution in [0.15, 0.2) is 48.5 Å². The number of anilines is 1. The molecule has 0 aliphatic heterocycles. The van der Waals surface area contributed by atoms with Crippen LogP contribution in [0.4, 0.5) is 5.95 Å². The van der Waals surface area contributed by atoms with Crippen molar-refractivity contribution in [2.24, 2.45) is 5.92 Å². The number of H-pyrrole nitrogens is 1. The molecular weight excluding hydrogens is 310 g/mol. The quantitative estimate of drug-likeness (QED) is 0.736. The van der Waals surface area contributed by atoms with Gasteiger partial charge in [0.25, 0.3) is 0 Å². The highest BCUT2D eigenvalue weighted by Gasteiger charge is 2.25. The molecular formula is C18H18ClN3O. The fourth-order valence-electron chi connectivity index (χ4n) is 2.72. The topological polar surface area (TPSA) is 57.8 Å². The smallest absolute Gasteiger partial charge is 0.234 e. The van der Waals surface area contributed by atoms with Gasteiger partial charge >= 0.3 is 0 Å². The Bertz CT molecular complexity index is 791. The minimum absolute atomic E-state index is 0.0821. The number of benzene rings is 2. The Morgan fingerprint density at radius 2 is 1.83 bits per heavy atom. The van der Waals surface area contributed by atoms with Gasteiger partial charge in [-0.15, -0.1) is 0 Å². The van der Waals surface area contributed by atoms with Crippen LogP contribution < -0.4 is 5.32 Å². The van der Waals surface area contributed by atoms with Crippen LogP contribution in [-0.2, 0) is 4.79 Å². The van der Waals surface area contributed by atoms with Crippen molar-refractivity contribution in [3.05, 3.63) is 59.1 Å². The number of aromatic nitrogens is 2. The van der Waals surface area contributed by atoms with Gasteiger partial charge in [-0.1, -0.05) is 49.7 Å². The fourth-order valence-corrected chi connectivity index (χ4v) is 2.84. The molecule has 0 aliphatic carbocycles. The molecule has 0 unspecified atom stereocenters. The average Bonchev–Trinajstić information content (AvgIpc) is 2.91. The molecule has 118 valence electrons. The molecule has 0 aliphatic rings. The number of carbonyl (C=O) groups excluding carboxylic acids is 1. The Balaban J connectivity index is 1.85. The number of rotatable bonds is 4. The van der Waals surface area contributed by atoms with E-state index in [-0.39, 0.29) is 17.7 Å². The summed E-state index contributed by atoms with van der Waals surface area (Å²) < 4.78 is 0. The first-order valence-electron chi connectivity index (χ1n) is 7.55. The molecule has 1 heterocycles. The molecule has 3 rings (SSSR count). The lowest BCUT2D eigenvalue weighted by molar-refractivity contribution is -0.118. The highest BCUT2D eigenvalue weighted by atomic mass is 35.5. The van der Waals surface area contributed by atoms with Crippen LogP contribution >= 0.6 is 11.6 Å². The van der Waals surface area contributed by atoms with Crippen molar-refractivity contribution < 1.29 is 4.79 Å². The Kier molecular flexibility index (Phi) is 4.35. The van der Waals surface area contributed by atoms with Gasteiger partial charge in [-0.25, -0.2) is 4.98 Å². The van der Waals surface area contributed by atoms with Crippen molar-refractivity contribution in [1.29, 1.82) is 0 Å². The molecule has 0 fully saturated rings. The molecule has 23 heavy (non-hydrogen) atoms. The predicted molar refractivity (Wildman–Crippen MR) is 93.8 cm³/mol. The lowest BCUT2D eigenvalue weighted by atomic mass is 9.88. The van der Waals surface area contributed by atoms with Crippen LogP contribution in [0.25, 0.3) is 11.0 Å². The number of para-hydroxylation sites is 2. The number of carbonyl (C=O) groups is 1. The zero-order chi connectivity index (χ0) is 16.4. The van der Waals surface area contributed by atoms with Gasteiger partial charge in [-0.2, -0.15) is 0 Å². The minimum atomic E-state index is -0.263. The molecule has 1 aromatic heterocycles. The van der Waals surface area contributed by atoms with Gasteiger partial charge in [0, 0.05) is 5.02 Å². The lowest BCUT2D eigenvalue weighted by Gasteiger charge is -2.20. The molecule has 0 radical (unpaired) electrons. The van der Waals surface area contributed by atoms with E-state index in [4.69, 9.17) is 11.6 Å². The number of hydrogen-bond donors (Lipinski definition) is 2. The summed E-state index contributed by atoms with van der Waals surface area (Å²) >= 11 is 5.93. The molecule has 2 aromatic carbocycles. The van der Waals surface area contributed by atoms with E-state index >= 15 is 0 Å². The third kappa shape index (κ3) is 3.37. The van der Waals surface area contributed by atoms with Gasteiger partial charge in [0.1, 0.15) is 0 Å². The van der Waals surface area contributed by atoms with Crippen LogP contribution in [-0.4, -0.2) is 15.9 Å². The summed E-state index contributed by atoms with van der Waals surface area (Å²) in [7, 11) is 0. The molecule has 5 heteroatoms. The van der Waals surface area contributed by atoms with Gasteiger partial charge in [-0.3, -0.25) is 10.1 Å². The molecule has 0 bridgehead atoms. The number of amides is 1. The maximum atomic E-state index is 12.7. The standard InChI is InChI=1S/C18H18ClN3O/c1-11(2)16(12-7-9-13(19)10-8-12)17(23)22-18-20-14-5-3-4-6-15(14)21-18/h3-11,16H,1-2H3,(H2,20,21,22,23)/t16-/m1/s1. The maximum Gasteiger partial charge on any atom is 0.234 e. The van der Waals surface area contributed by atoms with E-state index in [9.17, 15) is 4.79 Å². The number of hydrogen-bond acceptors (Lipinski definition) is 2. The second-order valence-electron chi connectivity index (χ2n) is 5.87. The summed E-state index contributed by atoms with van der Waals surface area (Å²) in [4.78, 5) is 20.2. The van der Waals surface area contributed by atoms with Gasteiger partial charge in [0.15, 0.2) is 0 Å². The lowest BCUT2D eigenvalue weighted by Crippen LogP contribution is -2.25. The second kappa shape index (κ2) is 6.42. The van der Waals surface area contributed by atoms with Gasteiger partial charge in [0.2, 0.25) is 11.9 Å². The van der Waals surface area contributed by atoms with Gasteiger partial charge in [0.05, 0.1) is 17.0 Å². The summed E-state index contributed by atoms with van der Waals surface area (Å²) in [5.41, 5.74) is 2.67. The molecule has 0 saturated heterocycles. The number of nitrogens with one attached hydrogen (secondary N) is 2. The zero-order valence-electron chi connectivity index (χ0n) is 13.0. The van der Waals surface area contributed by atoms with Crippen molar-refractivity contribution in [2.45, 2.75) is 19.8 Å². The second-order valence-corrected chi connectivity index (χ2v) is 6.30. The van der Waals surface area contributed by atoms with E-state index < -0.39 is 0 Å². The first-order chi connectivity index (χ1) is 11.0. The molecule has 2 N–H and O–H groups in total. The number of halogens is 1. The van der Waals surface area contributed by atoms with Crippen LogP contribution in [0.5, 0.6) is 0 Å². The summed E-state index contributed by atoms with van der Waals surface area (Å²) in [5, 5.41) is 3.55. The van der Waals surface area contributed by atoms with Crippen molar-refractivity contribution in [3.8, 4) is 0 Å². The Hall–Kier alpha value is -2.33. The van der Waals surface area contributed by atoms with E-state index in [1.54, 1.807) is 12.1 Å². The number of aromatic amines is 1. The summed E-state index contributed by atoms with van der Waals surface area (Å²) in [6.45, 7) is 4.05. The molecule has 0 spiro atoms. The van der Waals surface area contributed by atoms with E-state index in [2.05, 4.69) is 15.3 Å². The van der Waals surface area contributed by atoms with Crippen molar-refractivity contribution >= 4 is 34.5 Å². The fraction of sp³-hybridized carbons (Fsp3) is 0.222. The van der Waals surface area contributed by atoms with Crippen LogP contribution in [0.3, 0.4) is 0 Å². The predicted octanol–water partition coefficient (Wildman–Crippen LogP) is 4.59. The number of nitrogens with zero attached hydrogens (tertiary/aromatic N) is 1. The monoisotopic (exact) mass is 327 g/mol. The molecule has 0 saturated carbocycles. The van der Waals surface area contributed by atoms with Gasteiger partial charge < -0.3 is 4.98 Å². The van der Waals surface area contributed by atoms with Crippen LogP contribution in [0.2, 0.25) is 5.02 Å². The first kappa shape index (κ1) is 15.6. The minimum Gasteiger partial charge on any atom is -0.324 e. The SMILES string of the molecule is CC(C)[C@@H](C(=O)Nc1nc2ccccc2[nH]1)c1ccc(Cl)cc1.